The zero-order valence-corrected chi connectivity index (χ0v) is 13.0. The normalized spacial score (nSPS) is 10.0. The predicted molar refractivity (Wildman–Crippen MR) is 61.4 cm³/mol. The first-order chi connectivity index (χ1) is 8.27. The number of rotatable bonds is 3. The maximum absolute atomic E-state index is 10.8. The molecule has 0 N–H and O–H groups in total. The van der Waals surface area contributed by atoms with Gasteiger partial charge in [-0.1, -0.05) is 36.4 Å². The molecule has 0 fully saturated rings. The van der Waals surface area contributed by atoms with Gasteiger partial charge in [-0.05, 0) is 18.2 Å². The number of hydrogen-bond acceptors (Lipinski definition) is 4. The van der Waals surface area contributed by atoms with Crippen LogP contribution in [0.2, 0.25) is 0 Å². The Balaban J connectivity index is 0.00000162. The van der Waals surface area contributed by atoms with Gasteiger partial charge >= 0.3 is 51.4 Å². The Kier molecular flexibility index (Phi) is 6.38. The van der Waals surface area contributed by atoms with Gasteiger partial charge in [0.25, 0.3) is 0 Å². The molecule has 0 aliphatic carbocycles. The van der Waals surface area contributed by atoms with E-state index in [4.69, 9.17) is 0 Å². The summed E-state index contributed by atoms with van der Waals surface area (Å²) < 4.78 is 0. The molecule has 0 heterocycles. The molecule has 0 amide bonds. The fourth-order valence-corrected chi connectivity index (χ4v) is 1.34. The molecule has 4 nitrogen and oxygen atoms in total. The molecule has 0 atom stereocenters. The minimum Gasteiger partial charge on any atom is -0.545 e. The fourth-order valence-electron chi connectivity index (χ4n) is 1.34. The zero-order chi connectivity index (χ0) is 12.1. The number of carbonyl (C=O) groups excluding carboxylic acids is 1. The molecule has 0 unspecified atom stereocenters. The Hall–Kier alpha value is -0.854. The second-order valence-corrected chi connectivity index (χ2v) is 3.34. The van der Waals surface area contributed by atoms with Crippen molar-refractivity contribution < 1.29 is 61.3 Å². The van der Waals surface area contributed by atoms with Crippen molar-refractivity contribution in [3.63, 3.8) is 0 Å². The third kappa shape index (κ3) is 4.11. The van der Waals surface area contributed by atoms with E-state index in [-0.39, 0.29) is 62.6 Å². The second kappa shape index (κ2) is 7.55. The quantitative estimate of drug-likeness (QED) is 0.552. The number of carboxylic acids is 1. The summed E-state index contributed by atoms with van der Waals surface area (Å²) in [5.74, 6) is -1.26. The van der Waals surface area contributed by atoms with E-state index in [0.717, 1.165) is 0 Å². The van der Waals surface area contributed by atoms with Crippen molar-refractivity contribution in [3.05, 3.63) is 60.2 Å². The third-order valence-electron chi connectivity index (χ3n) is 2.15. The van der Waals surface area contributed by atoms with E-state index < -0.39 is 5.97 Å². The first kappa shape index (κ1) is 15.2. The maximum Gasteiger partial charge on any atom is 1.00 e. The summed E-state index contributed by atoms with van der Waals surface area (Å²) in [7, 11) is 0. The first-order valence-electron chi connectivity index (χ1n) is 5.04. The van der Waals surface area contributed by atoms with Crippen molar-refractivity contribution >= 4 is 17.3 Å². The molecule has 84 valence electrons. The number of nitrogens with zero attached hydrogens (tertiary/aromatic N) is 2. The van der Waals surface area contributed by atoms with Crippen LogP contribution in [0, 0.1) is 0 Å². The summed E-state index contributed by atoms with van der Waals surface area (Å²) in [4.78, 5) is 10.8. The van der Waals surface area contributed by atoms with Crippen LogP contribution in [0.1, 0.15) is 10.4 Å². The van der Waals surface area contributed by atoms with Crippen LogP contribution in [0.25, 0.3) is 0 Å². The first-order valence-corrected chi connectivity index (χ1v) is 5.04. The molecule has 0 aliphatic heterocycles. The largest absolute Gasteiger partial charge is 1.00 e. The molecule has 0 bridgehead atoms. The monoisotopic (exact) mass is 264 g/mol. The summed E-state index contributed by atoms with van der Waals surface area (Å²) in [6.45, 7) is 0. The number of azo groups is 1. The van der Waals surface area contributed by atoms with E-state index in [0.29, 0.717) is 5.69 Å². The van der Waals surface area contributed by atoms with Crippen molar-refractivity contribution in [2.24, 2.45) is 10.2 Å². The molecule has 2 aromatic rings. The van der Waals surface area contributed by atoms with Gasteiger partial charge in [0, 0.05) is 5.56 Å². The molecule has 18 heavy (non-hydrogen) atoms. The van der Waals surface area contributed by atoms with Crippen molar-refractivity contribution in [1.29, 1.82) is 0 Å². The Labute approximate surface area is 147 Å². The van der Waals surface area contributed by atoms with Crippen LogP contribution in [0.4, 0.5) is 11.4 Å². The van der Waals surface area contributed by atoms with Gasteiger partial charge in [-0.2, -0.15) is 5.11 Å². The summed E-state index contributed by atoms with van der Waals surface area (Å²) in [5.41, 5.74) is 0.990. The van der Waals surface area contributed by atoms with Gasteiger partial charge in [-0.15, -0.1) is 5.11 Å². The molecular weight excluding hydrogens is 255 g/mol. The van der Waals surface area contributed by atoms with Crippen molar-refractivity contribution in [2.75, 3.05) is 0 Å². The van der Waals surface area contributed by atoms with E-state index in [1.807, 2.05) is 18.2 Å². The molecule has 5 heteroatoms. The van der Waals surface area contributed by atoms with Crippen LogP contribution < -0.4 is 56.5 Å². The molecule has 0 aliphatic rings. The molecular formula is C13H9KN2O2. The molecule has 2 aromatic carbocycles. The molecule has 2 rings (SSSR count). The Bertz CT molecular complexity index is 556. The third-order valence-corrected chi connectivity index (χ3v) is 2.15. The molecule has 0 saturated carbocycles. The van der Waals surface area contributed by atoms with Gasteiger partial charge < -0.3 is 9.90 Å². The zero-order valence-electron chi connectivity index (χ0n) is 9.91. The van der Waals surface area contributed by atoms with Gasteiger partial charge in [0.05, 0.1) is 17.3 Å². The van der Waals surface area contributed by atoms with Crippen molar-refractivity contribution in [1.82, 2.24) is 0 Å². The van der Waals surface area contributed by atoms with E-state index >= 15 is 0 Å². The van der Waals surface area contributed by atoms with Crippen LogP contribution in [-0.2, 0) is 0 Å². The van der Waals surface area contributed by atoms with Crippen LogP contribution in [0.3, 0.4) is 0 Å². The average Bonchev–Trinajstić information content (AvgIpc) is 2.38. The number of hydrogen-bond donors (Lipinski definition) is 0. The summed E-state index contributed by atoms with van der Waals surface area (Å²) >= 11 is 0. The Morgan fingerprint density at radius 3 is 2.17 bits per heavy atom. The average molecular weight is 264 g/mol. The van der Waals surface area contributed by atoms with Crippen molar-refractivity contribution in [2.45, 2.75) is 0 Å². The SMILES string of the molecule is O=C([O-])c1ccccc1N=Nc1ccccc1.[K+]. The van der Waals surface area contributed by atoms with Gasteiger partial charge in [-0.25, -0.2) is 0 Å². The fraction of sp³-hybridized carbons (Fsp3) is 0. The van der Waals surface area contributed by atoms with Gasteiger partial charge in [-0.3, -0.25) is 0 Å². The predicted octanol–water partition coefficient (Wildman–Crippen LogP) is -0.531. The molecule has 0 saturated heterocycles. The van der Waals surface area contributed by atoms with E-state index in [1.54, 1.807) is 30.3 Å². The van der Waals surface area contributed by atoms with Crippen molar-refractivity contribution in [3.8, 4) is 0 Å². The van der Waals surface area contributed by atoms with E-state index in [2.05, 4.69) is 10.2 Å². The van der Waals surface area contributed by atoms with E-state index in [1.165, 1.54) is 6.07 Å². The Morgan fingerprint density at radius 1 is 0.889 bits per heavy atom. The molecule has 0 spiro atoms. The van der Waals surface area contributed by atoms with E-state index in [9.17, 15) is 9.90 Å². The van der Waals surface area contributed by atoms with Crippen LogP contribution in [-0.4, -0.2) is 5.97 Å². The second-order valence-electron chi connectivity index (χ2n) is 3.34. The van der Waals surface area contributed by atoms with Crippen LogP contribution in [0.15, 0.2) is 64.8 Å². The Morgan fingerprint density at radius 2 is 1.50 bits per heavy atom. The standard InChI is InChI=1S/C13H10N2O2.K/c16-13(17)11-8-4-5-9-12(11)15-14-10-6-2-1-3-7-10;/h1-9H,(H,16,17);/q;+1/p-1. The van der Waals surface area contributed by atoms with Gasteiger partial charge in [0.1, 0.15) is 0 Å². The summed E-state index contributed by atoms with van der Waals surface area (Å²) in [5, 5.41) is 18.7. The molecule has 0 aromatic heterocycles. The molecule has 0 radical (unpaired) electrons. The number of carboxylic acid groups (broad SMARTS) is 1. The number of aromatic carboxylic acids is 1. The van der Waals surface area contributed by atoms with Gasteiger partial charge in [0.2, 0.25) is 0 Å². The minimum absolute atomic E-state index is 0. The topological polar surface area (TPSA) is 64.8 Å². The van der Waals surface area contributed by atoms with Crippen LogP contribution >= 0.6 is 0 Å². The van der Waals surface area contributed by atoms with Crippen LogP contribution in [0.5, 0.6) is 0 Å². The maximum atomic E-state index is 10.8. The van der Waals surface area contributed by atoms with Gasteiger partial charge in [0.15, 0.2) is 0 Å². The summed E-state index contributed by atoms with van der Waals surface area (Å²) in [6, 6.07) is 15.4. The smallest absolute Gasteiger partial charge is 0.545 e. The minimum atomic E-state index is -1.26. The number of benzene rings is 2. The summed E-state index contributed by atoms with van der Waals surface area (Å²) in [6.07, 6.45) is 0. The number of carbonyl (C=O) groups is 1.